The zero-order valence-corrected chi connectivity index (χ0v) is 12.0. The van der Waals surface area contributed by atoms with E-state index in [1.807, 2.05) is 45.2 Å². The SMILES string of the molecule is CCOc1ccccc1Oc1ncc(CNC)c(C)n1. The molecule has 0 fully saturated rings. The van der Waals surface area contributed by atoms with Crippen LogP contribution in [0.3, 0.4) is 0 Å². The van der Waals surface area contributed by atoms with Gasteiger partial charge in [0.1, 0.15) is 0 Å². The van der Waals surface area contributed by atoms with Crippen molar-refractivity contribution in [2.45, 2.75) is 20.4 Å². The molecule has 0 aliphatic rings. The van der Waals surface area contributed by atoms with E-state index in [0.29, 0.717) is 24.1 Å². The van der Waals surface area contributed by atoms with Gasteiger partial charge in [0.25, 0.3) is 0 Å². The van der Waals surface area contributed by atoms with Crippen LogP contribution >= 0.6 is 0 Å². The van der Waals surface area contributed by atoms with Crippen LogP contribution in [0.1, 0.15) is 18.2 Å². The Bertz CT molecular complexity index is 573. The molecule has 5 nitrogen and oxygen atoms in total. The maximum Gasteiger partial charge on any atom is 0.322 e. The lowest BCUT2D eigenvalue weighted by Crippen LogP contribution is -2.08. The third-order valence-corrected chi connectivity index (χ3v) is 2.78. The monoisotopic (exact) mass is 273 g/mol. The maximum atomic E-state index is 5.71. The topological polar surface area (TPSA) is 56.3 Å². The lowest BCUT2D eigenvalue weighted by molar-refractivity contribution is 0.317. The molecule has 0 atom stereocenters. The first-order chi connectivity index (χ1) is 9.74. The number of nitrogens with zero attached hydrogens (tertiary/aromatic N) is 2. The molecule has 0 saturated carbocycles. The second-order valence-electron chi connectivity index (χ2n) is 4.28. The lowest BCUT2D eigenvalue weighted by Gasteiger charge is -2.11. The van der Waals surface area contributed by atoms with E-state index in [9.17, 15) is 0 Å². The Morgan fingerprint density at radius 2 is 1.95 bits per heavy atom. The highest BCUT2D eigenvalue weighted by molar-refractivity contribution is 5.41. The summed E-state index contributed by atoms with van der Waals surface area (Å²) in [6.07, 6.45) is 1.78. The summed E-state index contributed by atoms with van der Waals surface area (Å²) in [7, 11) is 1.89. The molecule has 0 bridgehead atoms. The van der Waals surface area contributed by atoms with Gasteiger partial charge in [0, 0.05) is 24.0 Å². The predicted molar refractivity (Wildman–Crippen MR) is 77.2 cm³/mol. The molecule has 1 N–H and O–H groups in total. The standard InChI is InChI=1S/C15H19N3O2/c1-4-19-13-7-5-6-8-14(13)20-15-17-10-12(9-16-3)11(2)18-15/h5-8,10,16H,4,9H2,1-3H3. The number of benzene rings is 1. The molecule has 1 aromatic carbocycles. The molecule has 0 aliphatic heterocycles. The first-order valence-electron chi connectivity index (χ1n) is 6.61. The fourth-order valence-corrected chi connectivity index (χ4v) is 1.79. The van der Waals surface area contributed by atoms with Crippen molar-refractivity contribution in [1.82, 2.24) is 15.3 Å². The van der Waals surface area contributed by atoms with Crippen LogP contribution < -0.4 is 14.8 Å². The summed E-state index contributed by atoms with van der Waals surface area (Å²) >= 11 is 0. The largest absolute Gasteiger partial charge is 0.490 e. The normalized spacial score (nSPS) is 10.3. The predicted octanol–water partition coefficient (Wildman–Crippen LogP) is 2.70. The van der Waals surface area contributed by atoms with Gasteiger partial charge in [-0.1, -0.05) is 12.1 Å². The van der Waals surface area contributed by atoms with Crippen molar-refractivity contribution < 1.29 is 9.47 Å². The minimum atomic E-state index is 0.328. The molecule has 0 unspecified atom stereocenters. The second-order valence-corrected chi connectivity index (χ2v) is 4.28. The van der Waals surface area contributed by atoms with Crippen molar-refractivity contribution in [3.63, 3.8) is 0 Å². The van der Waals surface area contributed by atoms with Gasteiger partial charge in [-0.15, -0.1) is 0 Å². The molecular weight excluding hydrogens is 254 g/mol. The third-order valence-electron chi connectivity index (χ3n) is 2.78. The number of hydrogen-bond acceptors (Lipinski definition) is 5. The van der Waals surface area contributed by atoms with E-state index in [0.717, 1.165) is 17.8 Å². The molecule has 1 heterocycles. The minimum Gasteiger partial charge on any atom is -0.490 e. The number of ether oxygens (including phenoxy) is 2. The Labute approximate surface area is 119 Å². The first-order valence-corrected chi connectivity index (χ1v) is 6.61. The van der Waals surface area contributed by atoms with Crippen LogP contribution in [0.25, 0.3) is 0 Å². The van der Waals surface area contributed by atoms with E-state index in [4.69, 9.17) is 9.47 Å². The Morgan fingerprint density at radius 3 is 2.60 bits per heavy atom. The van der Waals surface area contributed by atoms with Gasteiger partial charge in [0.15, 0.2) is 11.5 Å². The lowest BCUT2D eigenvalue weighted by atomic mass is 10.2. The van der Waals surface area contributed by atoms with Crippen LogP contribution in [-0.4, -0.2) is 23.6 Å². The fraction of sp³-hybridized carbons (Fsp3) is 0.333. The van der Waals surface area contributed by atoms with Gasteiger partial charge in [0.2, 0.25) is 0 Å². The molecule has 0 amide bonds. The molecular formula is C15H19N3O2. The molecule has 2 rings (SSSR count). The summed E-state index contributed by atoms with van der Waals surface area (Å²) in [5, 5.41) is 3.08. The highest BCUT2D eigenvalue weighted by atomic mass is 16.5. The Kier molecular flexibility index (Phi) is 4.90. The molecule has 20 heavy (non-hydrogen) atoms. The van der Waals surface area contributed by atoms with Gasteiger partial charge >= 0.3 is 6.01 Å². The van der Waals surface area contributed by atoms with Crippen LogP contribution in [0.5, 0.6) is 17.5 Å². The summed E-state index contributed by atoms with van der Waals surface area (Å²) < 4.78 is 11.2. The third kappa shape index (κ3) is 3.45. The average molecular weight is 273 g/mol. The quantitative estimate of drug-likeness (QED) is 0.877. The van der Waals surface area contributed by atoms with Crippen molar-refractivity contribution in [1.29, 1.82) is 0 Å². The summed E-state index contributed by atoms with van der Waals surface area (Å²) in [6, 6.07) is 7.82. The highest BCUT2D eigenvalue weighted by Crippen LogP contribution is 2.29. The number of rotatable bonds is 6. The highest BCUT2D eigenvalue weighted by Gasteiger charge is 2.08. The van der Waals surface area contributed by atoms with E-state index < -0.39 is 0 Å². The van der Waals surface area contributed by atoms with E-state index in [1.165, 1.54) is 0 Å². The minimum absolute atomic E-state index is 0.328. The second kappa shape index (κ2) is 6.86. The fourth-order valence-electron chi connectivity index (χ4n) is 1.79. The van der Waals surface area contributed by atoms with Crippen LogP contribution in [0, 0.1) is 6.92 Å². The van der Waals surface area contributed by atoms with Gasteiger partial charge in [-0.3, -0.25) is 0 Å². The summed E-state index contributed by atoms with van der Waals surface area (Å²) in [5.74, 6) is 1.31. The zero-order valence-electron chi connectivity index (χ0n) is 12.0. The van der Waals surface area contributed by atoms with Crippen molar-refractivity contribution in [2.75, 3.05) is 13.7 Å². The smallest absolute Gasteiger partial charge is 0.322 e. The van der Waals surface area contributed by atoms with Crippen molar-refractivity contribution in [3.05, 3.63) is 41.7 Å². The first kappa shape index (κ1) is 14.3. The molecule has 1 aromatic heterocycles. The van der Waals surface area contributed by atoms with Crippen molar-refractivity contribution in [3.8, 4) is 17.5 Å². The number of nitrogens with one attached hydrogen (secondary N) is 1. The van der Waals surface area contributed by atoms with Crippen LogP contribution in [0.15, 0.2) is 30.5 Å². The number of para-hydroxylation sites is 2. The molecule has 0 radical (unpaired) electrons. The molecule has 0 spiro atoms. The van der Waals surface area contributed by atoms with Gasteiger partial charge in [-0.05, 0) is 33.0 Å². The van der Waals surface area contributed by atoms with Gasteiger partial charge in [0.05, 0.1) is 6.61 Å². The van der Waals surface area contributed by atoms with Crippen LogP contribution in [-0.2, 0) is 6.54 Å². The van der Waals surface area contributed by atoms with Crippen molar-refractivity contribution in [2.24, 2.45) is 0 Å². The number of aromatic nitrogens is 2. The summed E-state index contributed by atoms with van der Waals surface area (Å²) in [4.78, 5) is 8.59. The van der Waals surface area contributed by atoms with E-state index in [1.54, 1.807) is 6.20 Å². The van der Waals surface area contributed by atoms with E-state index in [-0.39, 0.29) is 0 Å². The van der Waals surface area contributed by atoms with Crippen LogP contribution in [0.4, 0.5) is 0 Å². The molecule has 0 saturated heterocycles. The molecule has 106 valence electrons. The van der Waals surface area contributed by atoms with Crippen molar-refractivity contribution >= 4 is 0 Å². The van der Waals surface area contributed by atoms with Gasteiger partial charge < -0.3 is 14.8 Å². The van der Waals surface area contributed by atoms with E-state index >= 15 is 0 Å². The molecule has 5 heteroatoms. The number of aryl methyl sites for hydroxylation is 1. The van der Waals surface area contributed by atoms with Gasteiger partial charge in [-0.25, -0.2) is 4.98 Å². The van der Waals surface area contributed by atoms with E-state index in [2.05, 4.69) is 15.3 Å². The number of hydrogen-bond donors (Lipinski definition) is 1. The zero-order chi connectivity index (χ0) is 14.4. The average Bonchev–Trinajstić information content (AvgIpc) is 2.44. The molecule has 0 aliphatic carbocycles. The Morgan fingerprint density at radius 1 is 1.20 bits per heavy atom. The summed E-state index contributed by atoms with van der Waals surface area (Å²) in [5.41, 5.74) is 1.95. The Balaban J connectivity index is 2.20. The van der Waals surface area contributed by atoms with Crippen LogP contribution in [0.2, 0.25) is 0 Å². The maximum absolute atomic E-state index is 5.71. The molecule has 2 aromatic rings. The summed E-state index contributed by atoms with van der Waals surface area (Å²) in [6.45, 7) is 5.20. The Hall–Kier alpha value is -2.14. The van der Waals surface area contributed by atoms with Gasteiger partial charge in [-0.2, -0.15) is 4.98 Å².